The fraction of sp³-hybridized carbons (Fsp3) is 0. The second-order valence-electron chi connectivity index (χ2n) is 4.22. The average Bonchev–Trinajstić information content (AvgIpc) is 2.48. The lowest BCUT2D eigenvalue weighted by Crippen LogP contribution is -2.12. The number of nitrogens with one attached hydrogen (secondary N) is 1. The number of fused-ring (bicyclic) bond motifs is 1. The van der Waals surface area contributed by atoms with Crippen molar-refractivity contribution in [2.45, 2.75) is 0 Å². The van der Waals surface area contributed by atoms with Crippen LogP contribution in [0.1, 0.15) is 5.69 Å². The topological polar surface area (TPSA) is 84.9 Å². The molecule has 0 aliphatic heterocycles. The first kappa shape index (κ1) is 12.1. The van der Waals surface area contributed by atoms with E-state index in [-0.39, 0.29) is 5.84 Å². The Morgan fingerprint density at radius 3 is 2.75 bits per heavy atom. The standard InChI is InChI=1S/C15H12N4O/c16-15(17)12-9-11(6-8-18-12)20-13-5-1-3-10-4-2-7-19-14(10)13/h1-9H,(H3,16,17). The van der Waals surface area contributed by atoms with Gasteiger partial charge in [-0.3, -0.25) is 15.4 Å². The Balaban J connectivity index is 2.01. The van der Waals surface area contributed by atoms with Gasteiger partial charge in [-0.2, -0.15) is 0 Å². The van der Waals surface area contributed by atoms with E-state index in [4.69, 9.17) is 15.9 Å². The van der Waals surface area contributed by atoms with Gasteiger partial charge in [-0.15, -0.1) is 0 Å². The molecule has 0 aliphatic carbocycles. The molecule has 98 valence electrons. The van der Waals surface area contributed by atoms with E-state index in [1.807, 2.05) is 30.3 Å². The smallest absolute Gasteiger partial charge is 0.153 e. The maximum Gasteiger partial charge on any atom is 0.153 e. The van der Waals surface area contributed by atoms with Crippen molar-refractivity contribution in [3.63, 3.8) is 0 Å². The molecule has 20 heavy (non-hydrogen) atoms. The lowest BCUT2D eigenvalue weighted by atomic mass is 10.2. The van der Waals surface area contributed by atoms with Gasteiger partial charge in [-0.25, -0.2) is 0 Å². The van der Waals surface area contributed by atoms with Gasteiger partial charge in [-0.05, 0) is 18.2 Å². The van der Waals surface area contributed by atoms with Gasteiger partial charge in [0, 0.05) is 23.8 Å². The van der Waals surface area contributed by atoms with Crippen LogP contribution in [0.2, 0.25) is 0 Å². The van der Waals surface area contributed by atoms with Crippen LogP contribution in [0.5, 0.6) is 11.5 Å². The molecule has 3 rings (SSSR count). The number of nitrogens with two attached hydrogens (primary N) is 1. The van der Waals surface area contributed by atoms with Crippen LogP contribution in [0.15, 0.2) is 54.9 Å². The molecule has 3 N–H and O–H groups in total. The number of benzene rings is 1. The van der Waals surface area contributed by atoms with Gasteiger partial charge >= 0.3 is 0 Å². The molecular formula is C15H12N4O. The van der Waals surface area contributed by atoms with Crippen molar-refractivity contribution in [2.24, 2.45) is 5.73 Å². The molecule has 3 aromatic rings. The van der Waals surface area contributed by atoms with Gasteiger partial charge in [-0.1, -0.05) is 18.2 Å². The summed E-state index contributed by atoms with van der Waals surface area (Å²) >= 11 is 0. The third-order valence-corrected chi connectivity index (χ3v) is 2.83. The number of nitrogens with zero attached hydrogens (tertiary/aromatic N) is 2. The second-order valence-corrected chi connectivity index (χ2v) is 4.22. The molecule has 0 aliphatic rings. The average molecular weight is 264 g/mol. The summed E-state index contributed by atoms with van der Waals surface area (Å²) in [6.45, 7) is 0. The summed E-state index contributed by atoms with van der Waals surface area (Å²) in [6.07, 6.45) is 3.29. The molecule has 0 bridgehead atoms. The molecule has 1 aromatic carbocycles. The van der Waals surface area contributed by atoms with Crippen molar-refractivity contribution in [3.05, 3.63) is 60.6 Å². The zero-order valence-electron chi connectivity index (χ0n) is 10.6. The van der Waals surface area contributed by atoms with Gasteiger partial charge < -0.3 is 10.5 Å². The summed E-state index contributed by atoms with van der Waals surface area (Å²) in [4.78, 5) is 8.32. The van der Waals surface area contributed by atoms with Crippen LogP contribution in [0.3, 0.4) is 0 Å². The Hall–Kier alpha value is -2.95. The summed E-state index contributed by atoms with van der Waals surface area (Å²) < 4.78 is 5.83. The SMILES string of the molecule is N=C(N)c1cc(Oc2cccc3cccnc23)ccn1. The summed E-state index contributed by atoms with van der Waals surface area (Å²) in [5.41, 5.74) is 6.59. The third-order valence-electron chi connectivity index (χ3n) is 2.83. The van der Waals surface area contributed by atoms with E-state index in [1.165, 1.54) is 0 Å². The van der Waals surface area contributed by atoms with E-state index in [1.54, 1.807) is 24.5 Å². The Morgan fingerprint density at radius 1 is 1.05 bits per heavy atom. The molecule has 0 amide bonds. The quantitative estimate of drug-likeness (QED) is 0.562. The van der Waals surface area contributed by atoms with E-state index in [0.717, 1.165) is 10.9 Å². The highest BCUT2D eigenvalue weighted by molar-refractivity contribution is 5.93. The number of ether oxygens (including phenoxy) is 1. The summed E-state index contributed by atoms with van der Waals surface area (Å²) in [6, 6.07) is 12.9. The van der Waals surface area contributed by atoms with Crippen molar-refractivity contribution in [1.29, 1.82) is 5.41 Å². The number of rotatable bonds is 3. The van der Waals surface area contributed by atoms with Crippen molar-refractivity contribution < 1.29 is 4.74 Å². The van der Waals surface area contributed by atoms with E-state index in [0.29, 0.717) is 17.2 Å². The van der Waals surface area contributed by atoms with Crippen LogP contribution in [0.25, 0.3) is 10.9 Å². The second kappa shape index (κ2) is 4.97. The fourth-order valence-corrected chi connectivity index (χ4v) is 1.91. The largest absolute Gasteiger partial charge is 0.455 e. The number of pyridine rings is 2. The Bertz CT molecular complexity index is 780. The zero-order chi connectivity index (χ0) is 13.9. The van der Waals surface area contributed by atoms with Crippen LogP contribution in [0, 0.1) is 5.41 Å². The third kappa shape index (κ3) is 2.29. The van der Waals surface area contributed by atoms with Crippen LogP contribution in [0.4, 0.5) is 0 Å². The highest BCUT2D eigenvalue weighted by Crippen LogP contribution is 2.28. The number of hydrogen-bond donors (Lipinski definition) is 2. The number of amidine groups is 1. The fourth-order valence-electron chi connectivity index (χ4n) is 1.91. The molecular weight excluding hydrogens is 252 g/mol. The van der Waals surface area contributed by atoms with Crippen molar-refractivity contribution in [1.82, 2.24) is 9.97 Å². The molecule has 0 atom stereocenters. The molecule has 2 heterocycles. The lowest BCUT2D eigenvalue weighted by molar-refractivity contribution is 0.486. The molecule has 0 radical (unpaired) electrons. The molecule has 5 heteroatoms. The predicted molar refractivity (Wildman–Crippen MR) is 77.1 cm³/mol. The minimum Gasteiger partial charge on any atom is -0.455 e. The molecule has 5 nitrogen and oxygen atoms in total. The summed E-state index contributed by atoms with van der Waals surface area (Å²) in [5, 5.41) is 8.40. The number of nitrogen functional groups attached to an aromatic ring is 1. The first-order valence-electron chi connectivity index (χ1n) is 6.06. The lowest BCUT2D eigenvalue weighted by Gasteiger charge is -2.08. The first-order chi connectivity index (χ1) is 9.74. The molecule has 2 aromatic heterocycles. The van der Waals surface area contributed by atoms with Crippen LogP contribution in [-0.4, -0.2) is 15.8 Å². The van der Waals surface area contributed by atoms with E-state index in [2.05, 4.69) is 9.97 Å². The summed E-state index contributed by atoms with van der Waals surface area (Å²) in [5.74, 6) is 1.14. The maximum atomic E-state index is 7.39. The first-order valence-corrected chi connectivity index (χ1v) is 6.06. The Labute approximate surface area is 115 Å². The Kier molecular flexibility index (Phi) is 3.01. The molecule has 0 saturated heterocycles. The number of aromatic nitrogens is 2. The monoisotopic (exact) mass is 264 g/mol. The van der Waals surface area contributed by atoms with Gasteiger partial charge in [0.15, 0.2) is 5.75 Å². The Morgan fingerprint density at radius 2 is 1.90 bits per heavy atom. The molecule has 0 spiro atoms. The zero-order valence-corrected chi connectivity index (χ0v) is 10.6. The predicted octanol–water partition coefficient (Wildman–Crippen LogP) is 2.71. The molecule has 0 unspecified atom stereocenters. The van der Waals surface area contributed by atoms with E-state index < -0.39 is 0 Å². The molecule has 0 fully saturated rings. The van der Waals surface area contributed by atoms with Gasteiger partial charge in [0.05, 0.1) is 0 Å². The van der Waals surface area contributed by atoms with Crippen molar-refractivity contribution in [2.75, 3.05) is 0 Å². The number of para-hydroxylation sites is 1. The van der Waals surface area contributed by atoms with Gasteiger partial charge in [0.2, 0.25) is 0 Å². The minimum atomic E-state index is -0.0912. The maximum absolute atomic E-state index is 7.39. The highest BCUT2D eigenvalue weighted by Gasteiger charge is 2.06. The van der Waals surface area contributed by atoms with E-state index >= 15 is 0 Å². The molecule has 0 saturated carbocycles. The number of hydrogen-bond acceptors (Lipinski definition) is 4. The van der Waals surface area contributed by atoms with Gasteiger partial charge in [0.1, 0.15) is 22.8 Å². The van der Waals surface area contributed by atoms with Gasteiger partial charge in [0.25, 0.3) is 0 Å². The summed E-state index contributed by atoms with van der Waals surface area (Å²) in [7, 11) is 0. The van der Waals surface area contributed by atoms with Crippen LogP contribution < -0.4 is 10.5 Å². The van der Waals surface area contributed by atoms with Crippen molar-refractivity contribution >= 4 is 16.7 Å². The van der Waals surface area contributed by atoms with Crippen LogP contribution >= 0.6 is 0 Å². The minimum absolute atomic E-state index is 0.0912. The normalized spacial score (nSPS) is 10.4. The highest BCUT2D eigenvalue weighted by atomic mass is 16.5. The van der Waals surface area contributed by atoms with Crippen molar-refractivity contribution in [3.8, 4) is 11.5 Å². The van der Waals surface area contributed by atoms with E-state index in [9.17, 15) is 0 Å². The van der Waals surface area contributed by atoms with Crippen LogP contribution in [-0.2, 0) is 0 Å².